The van der Waals surface area contributed by atoms with E-state index in [1.807, 2.05) is 48.5 Å². The number of para-hydroxylation sites is 1. The molecule has 130 valence electrons. The van der Waals surface area contributed by atoms with Crippen molar-refractivity contribution in [2.75, 3.05) is 13.1 Å². The summed E-state index contributed by atoms with van der Waals surface area (Å²) < 4.78 is 5.76. The maximum Gasteiger partial charge on any atom is 0.308 e. The lowest BCUT2D eigenvalue weighted by molar-refractivity contribution is -0.143. The van der Waals surface area contributed by atoms with Crippen molar-refractivity contribution < 1.29 is 19.4 Å². The molecule has 3 rings (SSSR count). The van der Waals surface area contributed by atoms with Gasteiger partial charge in [-0.2, -0.15) is 0 Å². The Morgan fingerprint density at radius 3 is 2.56 bits per heavy atom. The summed E-state index contributed by atoms with van der Waals surface area (Å²) in [7, 11) is 0. The van der Waals surface area contributed by atoms with Crippen LogP contribution in [0, 0.1) is 5.92 Å². The van der Waals surface area contributed by atoms with Gasteiger partial charge in [0.05, 0.1) is 5.92 Å². The Kier molecular flexibility index (Phi) is 5.33. The third kappa shape index (κ3) is 4.18. The molecule has 1 heterocycles. The van der Waals surface area contributed by atoms with Crippen LogP contribution in [0.3, 0.4) is 0 Å². The molecule has 5 heteroatoms. The first-order chi connectivity index (χ1) is 12.1. The van der Waals surface area contributed by atoms with E-state index < -0.39 is 11.9 Å². The molecule has 1 N–H and O–H groups in total. The summed E-state index contributed by atoms with van der Waals surface area (Å²) in [5, 5.41) is 9.22. The smallest absolute Gasteiger partial charge is 0.308 e. The number of benzene rings is 2. The maximum absolute atomic E-state index is 12.9. The van der Waals surface area contributed by atoms with Gasteiger partial charge in [-0.25, -0.2) is 0 Å². The lowest BCUT2D eigenvalue weighted by atomic mass is 9.97. The minimum absolute atomic E-state index is 0.127. The Balaban J connectivity index is 1.73. The summed E-state index contributed by atoms with van der Waals surface area (Å²) in [4.78, 5) is 25.7. The van der Waals surface area contributed by atoms with Gasteiger partial charge in [0.15, 0.2) is 0 Å². The summed E-state index contributed by atoms with van der Waals surface area (Å²) in [6.45, 7) is 1.15. The number of carbonyl (C=O) groups is 2. The molecule has 0 saturated carbocycles. The van der Waals surface area contributed by atoms with Crippen LogP contribution in [0.2, 0.25) is 0 Å². The summed E-state index contributed by atoms with van der Waals surface area (Å²) >= 11 is 0. The van der Waals surface area contributed by atoms with Gasteiger partial charge in [0.25, 0.3) is 5.91 Å². The molecule has 0 aliphatic carbocycles. The molecule has 0 bridgehead atoms. The average molecular weight is 339 g/mol. The van der Waals surface area contributed by atoms with E-state index in [2.05, 4.69) is 0 Å². The van der Waals surface area contributed by atoms with Gasteiger partial charge >= 0.3 is 5.97 Å². The number of hydrogen-bond donors (Lipinski definition) is 1. The van der Waals surface area contributed by atoms with E-state index in [9.17, 15) is 14.7 Å². The van der Waals surface area contributed by atoms with Crippen molar-refractivity contribution in [3.8, 4) is 5.75 Å². The van der Waals surface area contributed by atoms with Crippen LogP contribution >= 0.6 is 0 Å². The summed E-state index contributed by atoms with van der Waals surface area (Å²) in [5.41, 5.74) is 1.37. The third-order valence-corrected chi connectivity index (χ3v) is 4.44. The quantitative estimate of drug-likeness (QED) is 0.908. The summed E-state index contributed by atoms with van der Waals surface area (Å²) in [5.74, 6) is -0.699. The van der Waals surface area contributed by atoms with Crippen LogP contribution in [0.5, 0.6) is 5.75 Å². The number of nitrogens with zero attached hydrogens (tertiary/aromatic N) is 1. The normalized spacial score (nSPS) is 17.1. The standard InChI is InChI=1S/C20H21NO4/c22-19(21-12-6-8-15(13-21)20(23)24)18-11-5-4-7-16(18)14-25-17-9-2-1-3-10-17/h1-5,7,9-11,15H,6,8,12-14H2,(H,23,24)/t15-/m1/s1. The molecule has 0 aromatic heterocycles. The average Bonchev–Trinajstić information content (AvgIpc) is 2.67. The fourth-order valence-corrected chi connectivity index (χ4v) is 3.07. The molecule has 0 radical (unpaired) electrons. The molecule has 1 amide bonds. The fraction of sp³-hybridized carbons (Fsp3) is 0.300. The Bertz CT molecular complexity index is 744. The third-order valence-electron chi connectivity index (χ3n) is 4.44. The molecule has 2 aromatic carbocycles. The number of rotatable bonds is 5. The minimum atomic E-state index is -0.835. The SMILES string of the molecule is O=C(O)[C@@H]1CCCN(C(=O)c2ccccc2COc2ccccc2)C1. The summed E-state index contributed by atoms with van der Waals surface area (Å²) in [6, 6.07) is 16.8. The van der Waals surface area contributed by atoms with Crippen molar-refractivity contribution in [3.63, 3.8) is 0 Å². The highest BCUT2D eigenvalue weighted by Crippen LogP contribution is 2.21. The van der Waals surface area contributed by atoms with Gasteiger partial charge in [-0.05, 0) is 31.0 Å². The monoisotopic (exact) mass is 339 g/mol. The Hall–Kier alpha value is -2.82. The van der Waals surface area contributed by atoms with Gasteiger partial charge in [-0.1, -0.05) is 36.4 Å². The first-order valence-corrected chi connectivity index (χ1v) is 8.43. The molecule has 1 aliphatic heterocycles. The first kappa shape index (κ1) is 17.0. The molecular formula is C20H21NO4. The zero-order valence-corrected chi connectivity index (χ0v) is 13.9. The van der Waals surface area contributed by atoms with E-state index in [0.717, 1.165) is 11.3 Å². The van der Waals surface area contributed by atoms with Crippen LogP contribution in [0.25, 0.3) is 0 Å². The van der Waals surface area contributed by atoms with Gasteiger partial charge in [0.1, 0.15) is 12.4 Å². The van der Waals surface area contributed by atoms with E-state index in [4.69, 9.17) is 4.74 Å². The lowest BCUT2D eigenvalue weighted by Crippen LogP contribution is -2.42. The molecule has 0 spiro atoms. The maximum atomic E-state index is 12.9. The number of aliphatic carboxylic acids is 1. The fourth-order valence-electron chi connectivity index (χ4n) is 3.07. The Morgan fingerprint density at radius 2 is 1.80 bits per heavy atom. The predicted octanol–water partition coefficient (Wildman–Crippen LogP) is 3.20. The van der Waals surface area contributed by atoms with Gasteiger partial charge in [0, 0.05) is 24.2 Å². The van der Waals surface area contributed by atoms with Crippen LogP contribution < -0.4 is 4.74 Å². The molecular weight excluding hydrogens is 318 g/mol. The molecule has 2 aromatic rings. The predicted molar refractivity (Wildman–Crippen MR) is 93.5 cm³/mol. The van der Waals surface area contributed by atoms with E-state index in [1.165, 1.54) is 0 Å². The van der Waals surface area contributed by atoms with Crippen LogP contribution in [-0.4, -0.2) is 35.0 Å². The van der Waals surface area contributed by atoms with Gasteiger partial charge in [-0.3, -0.25) is 9.59 Å². The van der Waals surface area contributed by atoms with Gasteiger partial charge in [-0.15, -0.1) is 0 Å². The van der Waals surface area contributed by atoms with Gasteiger partial charge in [0.2, 0.25) is 0 Å². The number of ether oxygens (including phenoxy) is 1. The number of carboxylic acid groups (broad SMARTS) is 1. The van der Waals surface area contributed by atoms with Crippen molar-refractivity contribution in [1.82, 2.24) is 4.90 Å². The van der Waals surface area contributed by atoms with E-state index in [-0.39, 0.29) is 12.5 Å². The highest BCUT2D eigenvalue weighted by atomic mass is 16.5. The number of amides is 1. The number of likely N-dealkylation sites (tertiary alicyclic amines) is 1. The Labute approximate surface area is 146 Å². The minimum Gasteiger partial charge on any atom is -0.489 e. The second-order valence-electron chi connectivity index (χ2n) is 6.19. The molecule has 0 unspecified atom stereocenters. The molecule has 1 saturated heterocycles. The topological polar surface area (TPSA) is 66.8 Å². The number of piperidine rings is 1. The second kappa shape index (κ2) is 7.83. The van der Waals surface area contributed by atoms with Crippen molar-refractivity contribution in [3.05, 3.63) is 65.7 Å². The molecule has 1 fully saturated rings. The number of carboxylic acids is 1. The van der Waals surface area contributed by atoms with Gasteiger partial charge < -0.3 is 14.7 Å². The van der Waals surface area contributed by atoms with Crippen molar-refractivity contribution in [2.45, 2.75) is 19.4 Å². The van der Waals surface area contributed by atoms with Crippen molar-refractivity contribution in [1.29, 1.82) is 0 Å². The Morgan fingerprint density at radius 1 is 1.08 bits per heavy atom. The van der Waals surface area contributed by atoms with Crippen molar-refractivity contribution in [2.24, 2.45) is 5.92 Å². The molecule has 1 atom stereocenters. The zero-order chi connectivity index (χ0) is 17.6. The second-order valence-corrected chi connectivity index (χ2v) is 6.19. The highest BCUT2D eigenvalue weighted by Gasteiger charge is 2.29. The molecule has 5 nitrogen and oxygen atoms in total. The largest absolute Gasteiger partial charge is 0.489 e. The van der Waals surface area contributed by atoms with E-state index in [0.29, 0.717) is 31.6 Å². The molecule has 1 aliphatic rings. The number of hydrogen-bond acceptors (Lipinski definition) is 3. The van der Waals surface area contributed by atoms with Crippen LogP contribution in [0.1, 0.15) is 28.8 Å². The zero-order valence-electron chi connectivity index (χ0n) is 13.9. The van der Waals surface area contributed by atoms with Crippen molar-refractivity contribution >= 4 is 11.9 Å². The summed E-state index contributed by atoms with van der Waals surface area (Å²) in [6.07, 6.45) is 1.34. The first-order valence-electron chi connectivity index (χ1n) is 8.43. The van der Waals surface area contributed by atoms with E-state index in [1.54, 1.807) is 11.0 Å². The van der Waals surface area contributed by atoms with Crippen LogP contribution in [0.15, 0.2) is 54.6 Å². The van der Waals surface area contributed by atoms with E-state index >= 15 is 0 Å². The highest BCUT2D eigenvalue weighted by molar-refractivity contribution is 5.96. The van der Waals surface area contributed by atoms with Crippen LogP contribution in [-0.2, 0) is 11.4 Å². The molecule has 25 heavy (non-hydrogen) atoms. The van der Waals surface area contributed by atoms with Crippen LogP contribution in [0.4, 0.5) is 0 Å². The number of carbonyl (C=O) groups excluding carboxylic acids is 1. The lowest BCUT2D eigenvalue weighted by Gasteiger charge is -2.31.